The lowest BCUT2D eigenvalue weighted by Crippen LogP contribution is -2.39. The Morgan fingerprint density at radius 2 is 2.24 bits per heavy atom. The van der Waals surface area contributed by atoms with Gasteiger partial charge in [0.05, 0.1) is 6.61 Å². The molecule has 1 amide bonds. The first-order valence-electron chi connectivity index (χ1n) is 7.50. The summed E-state index contributed by atoms with van der Waals surface area (Å²) in [7, 11) is 3.96. The van der Waals surface area contributed by atoms with Gasteiger partial charge in [-0.2, -0.15) is 0 Å². The number of rotatable bonds is 5. The van der Waals surface area contributed by atoms with E-state index < -0.39 is 0 Å². The fraction of sp³-hybridized carbons (Fsp3) is 0.562. The van der Waals surface area contributed by atoms with E-state index in [1.807, 2.05) is 14.0 Å². The van der Waals surface area contributed by atoms with Crippen LogP contribution in [-0.4, -0.2) is 55.5 Å². The van der Waals surface area contributed by atoms with Gasteiger partial charge in [-0.25, -0.2) is 0 Å². The van der Waals surface area contributed by atoms with Crippen molar-refractivity contribution < 1.29 is 9.53 Å². The number of nitrogens with zero attached hydrogens (tertiary/aromatic N) is 2. The van der Waals surface area contributed by atoms with E-state index in [-0.39, 0.29) is 5.91 Å². The van der Waals surface area contributed by atoms with E-state index in [1.54, 1.807) is 23.1 Å². The maximum atomic E-state index is 12.5. The van der Waals surface area contributed by atoms with Crippen molar-refractivity contribution in [3.05, 3.63) is 23.8 Å². The minimum absolute atomic E-state index is 0.0106. The molecule has 5 nitrogen and oxygen atoms in total. The normalized spacial score (nSPS) is 18.7. The summed E-state index contributed by atoms with van der Waals surface area (Å²) in [6.07, 6.45) is 2.35. The number of likely N-dealkylation sites (N-methyl/N-ethyl adjacent to an activating group) is 2. The third kappa shape index (κ3) is 3.88. The van der Waals surface area contributed by atoms with Crippen LogP contribution >= 0.6 is 0 Å². The van der Waals surface area contributed by atoms with Gasteiger partial charge in [-0.05, 0) is 45.5 Å². The fourth-order valence-electron chi connectivity index (χ4n) is 2.82. The van der Waals surface area contributed by atoms with Crippen LogP contribution in [-0.2, 0) is 0 Å². The number of nitrogens with two attached hydrogens (primary N) is 1. The highest BCUT2D eigenvalue weighted by Gasteiger charge is 2.24. The molecule has 2 N–H and O–H groups in total. The van der Waals surface area contributed by atoms with Crippen molar-refractivity contribution in [1.82, 2.24) is 9.80 Å². The number of hydrogen-bond donors (Lipinski definition) is 1. The molecular formula is C16H25N3O2. The number of nitrogen functional groups attached to an aromatic ring is 1. The van der Waals surface area contributed by atoms with Gasteiger partial charge in [0.2, 0.25) is 0 Å². The Balaban J connectivity index is 2.07. The molecule has 0 aromatic heterocycles. The zero-order valence-electron chi connectivity index (χ0n) is 13.1. The predicted molar refractivity (Wildman–Crippen MR) is 84.6 cm³/mol. The summed E-state index contributed by atoms with van der Waals surface area (Å²) in [5, 5.41) is 0. The highest BCUT2D eigenvalue weighted by atomic mass is 16.5. The van der Waals surface area contributed by atoms with Gasteiger partial charge < -0.3 is 20.3 Å². The SMILES string of the molecule is CCOc1cc(N)cc(C(=O)N(C)CC2CCCN2C)c1. The lowest BCUT2D eigenvalue weighted by molar-refractivity contribution is 0.0761. The number of carbonyl (C=O) groups excluding carboxylic acids is 1. The molecule has 1 aromatic rings. The summed E-state index contributed by atoms with van der Waals surface area (Å²) in [6.45, 7) is 4.32. The number of carbonyl (C=O) groups is 1. The Bertz CT molecular complexity index is 504. The maximum Gasteiger partial charge on any atom is 0.253 e. The van der Waals surface area contributed by atoms with Gasteiger partial charge in [-0.15, -0.1) is 0 Å². The van der Waals surface area contributed by atoms with Gasteiger partial charge in [0.15, 0.2) is 0 Å². The second kappa shape index (κ2) is 6.80. The van der Waals surface area contributed by atoms with Crippen LogP contribution in [0.2, 0.25) is 0 Å². The summed E-state index contributed by atoms with van der Waals surface area (Å²) in [6, 6.07) is 5.66. The summed E-state index contributed by atoms with van der Waals surface area (Å²) in [4.78, 5) is 16.6. The van der Waals surface area contributed by atoms with E-state index in [2.05, 4.69) is 11.9 Å². The van der Waals surface area contributed by atoms with Crippen molar-refractivity contribution in [1.29, 1.82) is 0 Å². The molecule has 1 atom stereocenters. The van der Waals surface area contributed by atoms with E-state index in [0.717, 1.165) is 19.5 Å². The summed E-state index contributed by atoms with van der Waals surface area (Å²) in [5.74, 6) is 0.635. The number of anilines is 1. The van der Waals surface area contributed by atoms with Crippen molar-refractivity contribution in [3.63, 3.8) is 0 Å². The van der Waals surface area contributed by atoms with Gasteiger partial charge >= 0.3 is 0 Å². The largest absolute Gasteiger partial charge is 0.494 e. The molecule has 1 aliphatic heterocycles. The highest BCUT2D eigenvalue weighted by molar-refractivity contribution is 5.95. The number of hydrogen-bond acceptors (Lipinski definition) is 4. The van der Waals surface area contributed by atoms with Crippen molar-refractivity contribution in [3.8, 4) is 5.75 Å². The van der Waals surface area contributed by atoms with Crippen molar-refractivity contribution in [2.24, 2.45) is 0 Å². The standard InChI is InChI=1S/C16H25N3O2/c1-4-21-15-9-12(8-13(17)10-15)16(20)19(3)11-14-6-5-7-18(14)2/h8-10,14H,4-7,11,17H2,1-3H3. The number of likely N-dealkylation sites (tertiary alicyclic amines) is 1. The minimum Gasteiger partial charge on any atom is -0.494 e. The third-order valence-corrected chi connectivity index (χ3v) is 3.99. The molecule has 5 heteroatoms. The molecule has 1 aromatic carbocycles. The van der Waals surface area contributed by atoms with Gasteiger partial charge in [0.25, 0.3) is 5.91 Å². The van der Waals surface area contributed by atoms with Crippen LogP contribution in [0, 0.1) is 0 Å². The zero-order valence-corrected chi connectivity index (χ0v) is 13.1. The average Bonchev–Trinajstić information content (AvgIpc) is 2.83. The van der Waals surface area contributed by atoms with E-state index in [9.17, 15) is 4.79 Å². The Labute approximate surface area is 126 Å². The Hall–Kier alpha value is -1.75. The van der Waals surface area contributed by atoms with E-state index >= 15 is 0 Å². The number of benzene rings is 1. The first-order valence-corrected chi connectivity index (χ1v) is 7.50. The van der Waals surface area contributed by atoms with Crippen molar-refractivity contribution >= 4 is 11.6 Å². The first kappa shape index (κ1) is 15.6. The molecule has 0 bridgehead atoms. The topological polar surface area (TPSA) is 58.8 Å². The Kier molecular flexibility index (Phi) is 5.07. The van der Waals surface area contributed by atoms with Crippen LogP contribution in [0.3, 0.4) is 0 Å². The third-order valence-electron chi connectivity index (χ3n) is 3.99. The second-order valence-electron chi connectivity index (χ2n) is 5.69. The van der Waals surface area contributed by atoms with Crippen LogP contribution in [0.15, 0.2) is 18.2 Å². The molecule has 0 saturated carbocycles. The van der Waals surface area contributed by atoms with Gasteiger partial charge in [-0.1, -0.05) is 0 Å². The molecule has 1 aliphatic rings. The van der Waals surface area contributed by atoms with Crippen LogP contribution < -0.4 is 10.5 Å². The minimum atomic E-state index is -0.0106. The molecule has 2 rings (SSSR count). The number of amides is 1. The van der Waals surface area contributed by atoms with Crippen LogP contribution in [0.25, 0.3) is 0 Å². The second-order valence-corrected chi connectivity index (χ2v) is 5.69. The lowest BCUT2D eigenvalue weighted by Gasteiger charge is -2.26. The molecule has 1 heterocycles. The maximum absolute atomic E-state index is 12.5. The van der Waals surface area contributed by atoms with Crippen LogP contribution in [0.5, 0.6) is 5.75 Å². The van der Waals surface area contributed by atoms with Gasteiger partial charge in [-0.3, -0.25) is 4.79 Å². The number of ether oxygens (including phenoxy) is 1. The summed E-state index contributed by atoms with van der Waals surface area (Å²) < 4.78 is 5.45. The Morgan fingerprint density at radius 3 is 2.86 bits per heavy atom. The van der Waals surface area contributed by atoms with E-state index in [4.69, 9.17) is 10.5 Å². The predicted octanol–water partition coefficient (Wildman–Crippen LogP) is 1.83. The molecule has 116 valence electrons. The van der Waals surface area contributed by atoms with Gasteiger partial charge in [0, 0.05) is 37.0 Å². The smallest absolute Gasteiger partial charge is 0.253 e. The van der Waals surface area contributed by atoms with E-state index in [1.165, 1.54) is 6.42 Å². The molecule has 1 unspecified atom stereocenters. The van der Waals surface area contributed by atoms with Gasteiger partial charge in [0.1, 0.15) is 5.75 Å². The molecule has 0 aliphatic carbocycles. The Morgan fingerprint density at radius 1 is 1.48 bits per heavy atom. The van der Waals surface area contributed by atoms with E-state index in [0.29, 0.717) is 29.6 Å². The summed E-state index contributed by atoms with van der Waals surface area (Å²) >= 11 is 0. The monoisotopic (exact) mass is 291 g/mol. The fourth-order valence-corrected chi connectivity index (χ4v) is 2.82. The molecule has 1 saturated heterocycles. The first-order chi connectivity index (χ1) is 10.0. The zero-order chi connectivity index (χ0) is 15.4. The molecule has 0 spiro atoms. The van der Waals surface area contributed by atoms with Crippen molar-refractivity contribution in [2.45, 2.75) is 25.8 Å². The quantitative estimate of drug-likeness (QED) is 0.841. The molecular weight excluding hydrogens is 266 g/mol. The molecule has 21 heavy (non-hydrogen) atoms. The van der Waals surface area contributed by atoms with Crippen LogP contribution in [0.4, 0.5) is 5.69 Å². The lowest BCUT2D eigenvalue weighted by atomic mass is 10.1. The van der Waals surface area contributed by atoms with Crippen LogP contribution in [0.1, 0.15) is 30.1 Å². The molecule has 1 fully saturated rings. The summed E-state index contributed by atoms with van der Waals surface area (Å²) in [5.41, 5.74) is 6.99. The van der Waals surface area contributed by atoms with Crippen molar-refractivity contribution in [2.75, 3.05) is 39.5 Å². The average molecular weight is 291 g/mol. The molecule has 0 radical (unpaired) electrons. The highest BCUT2D eigenvalue weighted by Crippen LogP contribution is 2.21.